The molecule has 1 rings (SSSR count). The highest BCUT2D eigenvalue weighted by atomic mass is 79.9. The minimum atomic E-state index is -0.534. The van der Waals surface area contributed by atoms with E-state index in [9.17, 15) is 9.18 Å². The van der Waals surface area contributed by atoms with E-state index in [1.54, 1.807) is 6.92 Å². The summed E-state index contributed by atoms with van der Waals surface area (Å²) in [7, 11) is 0. The third-order valence-electron chi connectivity index (χ3n) is 1.73. The molecule has 1 aromatic rings. The van der Waals surface area contributed by atoms with Crippen LogP contribution in [0.2, 0.25) is 0 Å². The van der Waals surface area contributed by atoms with Crippen molar-refractivity contribution in [1.29, 1.82) is 0 Å². The molecule has 70 valence electrons. The molecule has 2 nitrogen and oxygen atoms in total. The summed E-state index contributed by atoms with van der Waals surface area (Å²) in [6.45, 7) is 1.62. The fraction of sp³-hybridized carbons (Fsp3) is 0.222. The van der Waals surface area contributed by atoms with E-state index in [0.717, 1.165) is 5.56 Å². The number of hydrogen-bond donors (Lipinski definition) is 1. The number of carbonyl (C=O) groups excluding carboxylic acids is 1. The van der Waals surface area contributed by atoms with Crippen LogP contribution in [0.1, 0.15) is 15.9 Å². The van der Waals surface area contributed by atoms with Gasteiger partial charge < -0.3 is 5.73 Å². The molecule has 0 aliphatic carbocycles. The molecule has 0 aliphatic heterocycles. The molecule has 13 heavy (non-hydrogen) atoms. The number of hydrogen-bond acceptors (Lipinski definition) is 2. The van der Waals surface area contributed by atoms with Crippen molar-refractivity contribution in [2.75, 3.05) is 6.54 Å². The van der Waals surface area contributed by atoms with Gasteiger partial charge in [-0.15, -0.1) is 0 Å². The minimum Gasteiger partial charge on any atom is -0.324 e. The second-order valence-corrected chi connectivity index (χ2v) is 3.56. The molecule has 0 saturated heterocycles. The molecule has 0 spiro atoms. The van der Waals surface area contributed by atoms with Crippen molar-refractivity contribution >= 4 is 21.7 Å². The highest BCUT2D eigenvalue weighted by molar-refractivity contribution is 9.10. The average molecular weight is 246 g/mol. The maximum absolute atomic E-state index is 13.2. The zero-order valence-corrected chi connectivity index (χ0v) is 8.69. The summed E-state index contributed by atoms with van der Waals surface area (Å²) in [5, 5.41) is 0. The number of rotatable bonds is 2. The Kier molecular flexibility index (Phi) is 3.17. The molecule has 1 aromatic carbocycles. The summed E-state index contributed by atoms with van der Waals surface area (Å²) in [4.78, 5) is 11.1. The van der Waals surface area contributed by atoms with Crippen LogP contribution in [0.25, 0.3) is 0 Å². The number of benzene rings is 1. The van der Waals surface area contributed by atoms with E-state index in [4.69, 9.17) is 5.73 Å². The van der Waals surface area contributed by atoms with Crippen molar-refractivity contribution in [3.8, 4) is 0 Å². The number of halogens is 2. The summed E-state index contributed by atoms with van der Waals surface area (Å²) in [5.41, 5.74) is 6.01. The van der Waals surface area contributed by atoms with Gasteiger partial charge in [-0.1, -0.05) is 15.9 Å². The van der Waals surface area contributed by atoms with Crippen LogP contribution in [0.4, 0.5) is 4.39 Å². The lowest BCUT2D eigenvalue weighted by molar-refractivity contribution is 0.0997. The van der Waals surface area contributed by atoms with Crippen LogP contribution < -0.4 is 5.73 Å². The lowest BCUT2D eigenvalue weighted by Gasteiger charge is -2.03. The fourth-order valence-corrected chi connectivity index (χ4v) is 1.30. The lowest BCUT2D eigenvalue weighted by Crippen LogP contribution is -2.15. The van der Waals surface area contributed by atoms with Gasteiger partial charge in [0.2, 0.25) is 0 Å². The van der Waals surface area contributed by atoms with Crippen LogP contribution in [-0.4, -0.2) is 12.3 Å². The summed E-state index contributed by atoms with van der Waals surface area (Å²) in [5.74, 6) is -0.916. The monoisotopic (exact) mass is 245 g/mol. The van der Waals surface area contributed by atoms with Crippen molar-refractivity contribution in [3.63, 3.8) is 0 Å². The van der Waals surface area contributed by atoms with Gasteiger partial charge in [0.05, 0.1) is 12.1 Å². The van der Waals surface area contributed by atoms with E-state index < -0.39 is 5.82 Å². The van der Waals surface area contributed by atoms with Crippen LogP contribution in [0.3, 0.4) is 0 Å². The van der Waals surface area contributed by atoms with E-state index in [0.29, 0.717) is 4.47 Å². The Bertz CT molecular complexity index is 352. The van der Waals surface area contributed by atoms with Crippen molar-refractivity contribution in [1.82, 2.24) is 0 Å². The van der Waals surface area contributed by atoms with E-state index in [2.05, 4.69) is 15.9 Å². The van der Waals surface area contributed by atoms with Gasteiger partial charge in [0.25, 0.3) is 0 Å². The largest absolute Gasteiger partial charge is 0.324 e. The van der Waals surface area contributed by atoms with E-state index in [1.165, 1.54) is 12.1 Å². The fourth-order valence-electron chi connectivity index (χ4n) is 0.981. The van der Waals surface area contributed by atoms with Gasteiger partial charge in [-0.25, -0.2) is 4.39 Å². The number of nitrogens with two attached hydrogens (primary N) is 1. The van der Waals surface area contributed by atoms with Gasteiger partial charge in [0.15, 0.2) is 5.78 Å². The molecule has 0 atom stereocenters. The quantitative estimate of drug-likeness (QED) is 0.811. The molecule has 0 unspecified atom stereocenters. The maximum atomic E-state index is 13.2. The van der Waals surface area contributed by atoms with E-state index >= 15 is 0 Å². The van der Waals surface area contributed by atoms with Gasteiger partial charge >= 0.3 is 0 Å². The Balaban J connectivity index is 3.23. The van der Waals surface area contributed by atoms with Crippen LogP contribution in [0.15, 0.2) is 16.6 Å². The van der Waals surface area contributed by atoms with Gasteiger partial charge in [-0.2, -0.15) is 0 Å². The smallest absolute Gasteiger partial charge is 0.179 e. The highest BCUT2D eigenvalue weighted by Gasteiger charge is 2.11. The Morgan fingerprint density at radius 2 is 2.23 bits per heavy atom. The first-order valence-corrected chi connectivity index (χ1v) is 4.54. The number of Topliss-reactive ketones (excluding diaryl/α,β-unsaturated/α-hetero) is 1. The van der Waals surface area contributed by atoms with Crippen molar-refractivity contribution in [2.45, 2.75) is 6.92 Å². The number of aryl methyl sites for hydroxylation is 1. The predicted molar refractivity (Wildman–Crippen MR) is 52.2 cm³/mol. The summed E-state index contributed by atoms with van der Waals surface area (Å²) in [6.07, 6.45) is 0. The highest BCUT2D eigenvalue weighted by Crippen LogP contribution is 2.20. The maximum Gasteiger partial charge on any atom is 0.179 e. The van der Waals surface area contributed by atoms with Crippen LogP contribution in [0.5, 0.6) is 0 Å². The van der Waals surface area contributed by atoms with Gasteiger partial charge in [0, 0.05) is 4.47 Å². The molecule has 0 heterocycles. The lowest BCUT2D eigenvalue weighted by atomic mass is 10.1. The molecular weight excluding hydrogens is 237 g/mol. The molecule has 2 N–H and O–H groups in total. The Labute approximate surface area is 84.1 Å². The van der Waals surface area contributed by atoms with E-state index in [1.807, 2.05) is 0 Å². The first-order chi connectivity index (χ1) is 6.06. The van der Waals surface area contributed by atoms with E-state index in [-0.39, 0.29) is 17.9 Å². The van der Waals surface area contributed by atoms with Crippen molar-refractivity contribution < 1.29 is 9.18 Å². The zero-order valence-electron chi connectivity index (χ0n) is 7.10. The molecular formula is C9H9BrFNO. The van der Waals surface area contributed by atoms with Crippen LogP contribution >= 0.6 is 15.9 Å². The summed E-state index contributed by atoms with van der Waals surface area (Å²) < 4.78 is 13.8. The van der Waals surface area contributed by atoms with Crippen molar-refractivity contribution in [2.24, 2.45) is 5.73 Å². The van der Waals surface area contributed by atoms with Crippen LogP contribution in [0, 0.1) is 12.7 Å². The molecule has 0 fully saturated rings. The van der Waals surface area contributed by atoms with Crippen molar-refractivity contribution in [3.05, 3.63) is 33.5 Å². The third kappa shape index (κ3) is 2.14. The van der Waals surface area contributed by atoms with Gasteiger partial charge in [-0.3, -0.25) is 4.79 Å². The average Bonchev–Trinajstić information content (AvgIpc) is 2.10. The molecule has 0 aromatic heterocycles. The molecule has 0 radical (unpaired) electrons. The Morgan fingerprint density at radius 1 is 1.62 bits per heavy atom. The predicted octanol–water partition coefficient (Wildman–Crippen LogP) is 2.04. The van der Waals surface area contributed by atoms with Gasteiger partial charge in [-0.05, 0) is 24.6 Å². The first kappa shape index (κ1) is 10.3. The molecule has 4 heteroatoms. The molecule has 0 bridgehead atoms. The number of carbonyl (C=O) groups is 1. The Morgan fingerprint density at radius 3 is 2.77 bits per heavy atom. The molecule has 0 saturated carbocycles. The topological polar surface area (TPSA) is 43.1 Å². The number of ketones is 1. The molecule has 0 aliphatic rings. The SMILES string of the molecule is Cc1cc(C(=O)CN)c(F)cc1Br. The van der Waals surface area contributed by atoms with Crippen LogP contribution in [-0.2, 0) is 0 Å². The van der Waals surface area contributed by atoms with Gasteiger partial charge in [0.1, 0.15) is 5.82 Å². The second-order valence-electron chi connectivity index (χ2n) is 2.71. The third-order valence-corrected chi connectivity index (χ3v) is 2.59. The standard InChI is InChI=1S/C9H9BrFNO/c1-5-2-6(9(13)4-12)8(11)3-7(5)10/h2-3H,4,12H2,1H3. The minimum absolute atomic E-state index is 0.0585. The molecule has 0 amide bonds. The second kappa shape index (κ2) is 3.98. The Hall–Kier alpha value is -0.740. The zero-order chi connectivity index (χ0) is 10.0. The first-order valence-electron chi connectivity index (χ1n) is 3.75. The summed E-state index contributed by atoms with van der Waals surface area (Å²) >= 11 is 3.17. The normalized spacial score (nSPS) is 10.2. The summed E-state index contributed by atoms with van der Waals surface area (Å²) in [6, 6.07) is 2.77.